The second-order valence-electron chi connectivity index (χ2n) is 7.19. The minimum absolute atomic E-state index is 0. The molecule has 0 aromatic carbocycles. The van der Waals surface area contributed by atoms with Crippen LogP contribution < -0.4 is 0 Å². The first-order valence-electron chi connectivity index (χ1n) is 5.97. The summed E-state index contributed by atoms with van der Waals surface area (Å²) < 4.78 is 0. The second-order valence-corrected chi connectivity index (χ2v) is 7.19. The Morgan fingerprint density at radius 1 is 0.857 bits per heavy atom. The predicted octanol–water partition coefficient (Wildman–Crippen LogP) is 4.67. The SMILES string of the molecule is [CH2]C1C(C(C)(C)C)CCC1C(C)(C)C.[H]. The van der Waals surface area contributed by atoms with E-state index in [0.717, 1.165) is 11.8 Å². The maximum Gasteiger partial charge on any atom is 0 e. The van der Waals surface area contributed by atoms with Crippen LogP contribution in [-0.4, -0.2) is 0 Å². The molecule has 1 rings (SSSR count). The fraction of sp³-hybridized carbons (Fsp3) is 0.929. The van der Waals surface area contributed by atoms with Crippen molar-refractivity contribution in [1.29, 1.82) is 0 Å². The van der Waals surface area contributed by atoms with Gasteiger partial charge in [-0.1, -0.05) is 41.5 Å². The summed E-state index contributed by atoms with van der Waals surface area (Å²) in [6.07, 6.45) is 2.75. The van der Waals surface area contributed by atoms with Crippen molar-refractivity contribution in [3.05, 3.63) is 6.92 Å². The second kappa shape index (κ2) is 3.54. The summed E-state index contributed by atoms with van der Waals surface area (Å²) in [6, 6.07) is 0. The molecule has 0 amide bonds. The Labute approximate surface area is 92.0 Å². The van der Waals surface area contributed by atoms with E-state index in [1.807, 2.05) is 0 Å². The van der Waals surface area contributed by atoms with Gasteiger partial charge in [0.2, 0.25) is 0 Å². The molecule has 0 aromatic heterocycles. The van der Waals surface area contributed by atoms with Crippen LogP contribution in [-0.2, 0) is 0 Å². The lowest BCUT2D eigenvalue weighted by atomic mass is 9.69. The van der Waals surface area contributed by atoms with Gasteiger partial charge in [-0.25, -0.2) is 0 Å². The van der Waals surface area contributed by atoms with E-state index in [1.54, 1.807) is 0 Å². The number of hydrogen-bond acceptors (Lipinski definition) is 0. The van der Waals surface area contributed by atoms with Crippen molar-refractivity contribution in [1.82, 2.24) is 0 Å². The highest BCUT2D eigenvalue weighted by molar-refractivity contribution is 4.95. The van der Waals surface area contributed by atoms with Crippen molar-refractivity contribution in [3.63, 3.8) is 0 Å². The summed E-state index contributed by atoms with van der Waals surface area (Å²) in [6.45, 7) is 18.6. The van der Waals surface area contributed by atoms with Crippen LogP contribution in [0.4, 0.5) is 0 Å². The predicted molar refractivity (Wildman–Crippen MR) is 65.1 cm³/mol. The van der Waals surface area contributed by atoms with Crippen molar-refractivity contribution >= 4 is 0 Å². The normalized spacial score (nSPS) is 34.9. The molecule has 2 atom stereocenters. The summed E-state index contributed by atoms with van der Waals surface area (Å²) in [7, 11) is 0. The van der Waals surface area contributed by atoms with E-state index >= 15 is 0 Å². The Morgan fingerprint density at radius 2 is 1.14 bits per heavy atom. The molecule has 2 unspecified atom stereocenters. The molecule has 1 fully saturated rings. The van der Waals surface area contributed by atoms with Crippen LogP contribution in [0.25, 0.3) is 0 Å². The zero-order valence-corrected chi connectivity index (χ0v) is 10.9. The minimum atomic E-state index is 0. The highest BCUT2D eigenvalue weighted by Crippen LogP contribution is 2.51. The molecule has 84 valence electrons. The lowest BCUT2D eigenvalue weighted by Gasteiger charge is -2.36. The monoisotopic (exact) mass is 196 g/mol. The molecule has 0 aromatic rings. The van der Waals surface area contributed by atoms with E-state index in [0.29, 0.717) is 16.7 Å². The highest BCUT2D eigenvalue weighted by atomic mass is 14.5. The van der Waals surface area contributed by atoms with Crippen LogP contribution in [0, 0.1) is 35.5 Å². The van der Waals surface area contributed by atoms with Gasteiger partial charge in [0.25, 0.3) is 0 Å². The van der Waals surface area contributed by atoms with Gasteiger partial charge in [0.15, 0.2) is 0 Å². The van der Waals surface area contributed by atoms with Gasteiger partial charge in [-0.15, -0.1) is 0 Å². The van der Waals surface area contributed by atoms with E-state index in [-0.39, 0.29) is 1.43 Å². The first kappa shape index (κ1) is 12.1. The largest absolute Gasteiger partial charge is 0.0599 e. The van der Waals surface area contributed by atoms with Crippen molar-refractivity contribution in [2.45, 2.75) is 54.4 Å². The average molecular weight is 196 g/mol. The summed E-state index contributed by atoms with van der Waals surface area (Å²) in [5.41, 5.74) is 0.874. The molecule has 1 saturated carbocycles. The van der Waals surface area contributed by atoms with E-state index in [9.17, 15) is 0 Å². The molecular formula is C14H28. The lowest BCUT2D eigenvalue weighted by Crippen LogP contribution is -2.29. The maximum atomic E-state index is 4.43. The van der Waals surface area contributed by atoms with Gasteiger partial charge in [0.05, 0.1) is 0 Å². The Hall–Kier alpha value is 0. The molecule has 0 nitrogen and oxygen atoms in total. The third-order valence-electron chi connectivity index (χ3n) is 4.05. The molecule has 0 bridgehead atoms. The number of hydrogen-bond donors (Lipinski definition) is 0. The zero-order chi connectivity index (χ0) is 11.1. The van der Waals surface area contributed by atoms with Crippen LogP contribution in [0.5, 0.6) is 0 Å². The van der Waals surface area contributed by atoms with Crippen molar-refractivity contribution in [3.8, 4) is 0 Å². The lowest BCUT2D eigenvalue weighted by molar-refractivity contribution is 0.143. The Balaban J connectivity index is 0.00000196. The Morgan fingerprint density at radius 3 is 1.29 bits per heavy atom. The molecule has 2 radical (unpaired) electrons. The van der Waals surface area contributed by atoms with Crippen LogP contribution in [0.1, 0.15) is 55.8 Å². The third-order valence-corrected chi connectivity index (χ3v) is 4.05. The van der Waals surface area contributed by atoms with E-state index in [4.69, 9.17) is 0 Å². The number of rotatable bonds is 0. The van der Waals surface area contributed by atoms with E-state index in [2.05, 4.69) is 48.5 Å². The van der Waals surface area contributed by atoms with Crippen LogP contribution in [0.3, 0.4) is 0 Å². The summed E-state index contributed by atoms with van der Waals surface area (Å²) in [4.78, 5) is 0. The van der Waals surface area contributed by atoms with Gasteiger partial charge in [-0.05, 0) is 48.3 Å². The van der Waals surface area contributed by atoms with Gasteiger partial charge in [0.1, 0.15) is 0 Å². The molecule has 1 aliphatic carbocycles. The summed E-state index contributed by atoms with van der Waals surface area (Å²) >= 11 is 0. The quantitative estimate of drug-likeness (QED) is 0.528. The molecule has 0 spiro atoms. The maximum absolute atomic E-state index is 4.43. The van der Waals surface area contributed by atoms with Gasteiger partial charge in [-0.2, -0.15) is 0 Å². The summed E-state index contributed by atoms with van der Waals surface area (Å²) in [5.74, 6) is 2.27. The smallest absolute Gasteiger partial charge is 0 e. The van der Waals surface area contributed by atoms with Gasteiger partial charge < -0.3 is 0 Å². The topological polar surface area (TPSA) is 0 Å². The molecule has 0 N–H and O–H groups in total. The summed E-state index contributed by atoms with van der Waals surface area (Å²) in [5, 5.41) is 0. The van der Waals surface area contributed by atoms with Crippen LogP contribution in [0.2, 0.25) is 0 Å². The fourth-order valence-corrected chi connectivity index (χ4v) is 3.22. The molecule has 1 aliphatic rings. The first-order valence-corrected chi connectivity index (χ1v) is 5.97. The van der Waals surface area contributed by atoms with Crippen LogP contribution >= 0.6 is 0 Å². The van der Waals surface area contributed by atoms with Crippen molar-refractivity contribution in [2.75, 3.05) is 0 Å². The van der Waals surface area contributed by atoms with Gasteiger partial charge in [-0.3, -0.25) is 0 Å². The van der Waals surface area contributed by atoms with Gasteiger partial charge in [0, 0.05) is 1.43 Å². The Kier molecular flexibility index (Phi) is 3.05. The van der Waals surface area contributed by atoms with Crippen molar-refractivity contribution < 1.29 is 1.43 Å². The average Bonchev–Trinajstić information content (AvgIpc) is 2.26. The Bertz CT molecular complexity index is 172. The third kappa shape index (κ3) is 2.32. The fourth-order valence-electron chi connectivity index (χ4n) is 3.22. The minimum Gasteiger partial charge on any atom is -0.0599 e. The molecule has 0 heterocycles. The van der Waals surface area contributed by atoms with Crippen molar-refractivity contribution in [2.24, 2.45) is 28.6 Å². The molecular weight excluding hydrogens is 168 g/mol. The molecule has 14 heavy (non-hydrogen) atoms. The zero-order valence-electron chi connectivity index (χ0n) is 11.9. The standard InChI is InChI=1S/C14H27.H/c1-10-11(13(2,3)4)8-9-12(10)14(5,6)7;/h10-12H,1,8-9H2,2-7H3;. The van der Waals surface area contributed by atoms with E-state index in [1.165, 1.54) is 12.8 Å². The van der Waals surface area contributed by atoms with Gasteiger partial charge >= 0.3 is 0 Å². The highest BCUT2D eigenvalue weighted by Gasteiger charge is 2.43. The molecule has 0 saturated heterocycles. The molecule has 0 heteroatoms. The van der Waals surface area contributed by atoms with E-state index < -0.39 is 0 Å². The first-order chi connectivity index (χ1) is 6.14. The van der Waals surface area contributed by atoms with Crippen LogP contribution in [0.15, 0.2) is 0 Å². The molecule has 0 aliphatic heterocycles.